The van der Waals surface area contributed by atoms with E-state index in [1.54, 1.807) is 0 Å². The second-order valence-electron chi connectivity index (χ2n) is 11.8. The minimum Gasteiger partial charge on any atom is -0.422 e. The van der Waals surface area contributed by atoms with Crippen LogP contribution in [0.25, 0.3) is 60.6 Å². The Hall–Kier alpha value is -4.53. The summed E-state index contributed by atoms with van der Waals surface area (Å²) in [7, 11) is 0. The van der Waals surface area contributed by atoms with E-state index in [9.17, 15) is 0 Å². The van der Waals surface area contributed by atoms with Crippen LogP contribution in [0.15, 0.2) is 109 Å². The fraction of sp³-hybridized carbons (Fsp3) is 0.105. The molecular formula is C38H27N3OPt. The molecule has 4 nitrogen and oxygen atoms in total. The van der Waals surface area contributed by atoms with Gasteiger partial charge in [-0.3, -0.25) is 9.97 Å². The number of aromatic nitrogens is 3. The summed E-state index contributed by atoms with van der Waals surface area (Å²) in [5, 5.41) is 4.96. The van der Waals surface area contributed by atoms with E-state index < -0.39 is 0 Å². The van der Waals surface area contributed by atoms with Crippen molar-refractivity contribution in [1.82, 2.24) is 14.4 Å². The van der Waals surface area contributed by atoms with Crippen molar-refractivity contribution >= 4 is 38.1 Å². The Morgan fingerprint density at radius 1 is 0.628 bits per heavy atom. The molecule has 0 N–H and O–H groups in total. The first-order chi connectivity index (χ1) is 20.4. The van der Waals surface area contributed by atoms with Gasteiger partial charge in [0.25, 0.3) is 0 Å². The molecule has 5 heteroatoms. The molecule has 0 aliphatic rings. The summed E-state index contributed by atoms with van der Waals surface area (Å²) < 4.78 is 8.55. The number of nitrogens with zero attached hydrogens (tertiary/aromatic N) is 3. The number of para-hydroxylation sites is 2. The van der Waals surface area contributed by atoms with E-state index in [0.717, 1.165) is 28.0 Å². The van der Waals surface area contributed by atoms with Crippen LogP contribution in [0.1, 0.15) is 26.3 Å². The Bertz CT molecular complexity index is 2280. The van der Waals surface area contributed by atoms with Crippen LogP contribution in [-0.4, -0.2) is 14.4 Å². The molecule has 43 heavy (non-hydrogen) atoms. The molecule has 0 bridgehead atoms. The topological polar surface area (TPSA) is 39.4 Å². The second kappa shape index (κ2) is 10.3. The fourth-order valence-corrected chi connectivity index (χ4v) is 5.95. The predicted octanol–water partition coefficient (Wildman–Crippen LogP) is 9.65. The van der Waals surface area contributed by atoms with Gasteiger partial charge in [-0.25, -0.2) is 0 Å². The first-order valence-electron chi connectivity index (χ1n) is 14.2. The fourth-order valence-electron chi connectivity index (χ4n) is 5.95. The van der Waals surface area contributed by atoms with Gasteiger partial charge in [-0.05, 0) is 45.9 Å². The standard InChI is InChI=1S/C38H27N3O.Pt/c1-38(2,3)26-11-6-10-24(22-26)31-15-8-18-35(39-31)42-36-19-9-16-32(40-36)25-20-21-28-30-14-7-13-29-27-12-4-5-17-33(27)41(37(29)30)34(28)23-25;/h4-9,11-19,21-23H,1-3H3;/q-2;+2. The first-order valence-corrected chi connectivity index (χ1v) is 14.2. The molecule has 8 aromatic rings. The van der Waals surface area contributed by atoms with Gasteiger partial charge in [-0.15, -0.1) is 59.2 Å². The smallest absolute Gasteiger partial charge is 0.422 e. The Morgan fingerprint density at radius 2 is 1.26 bits per heavy atom. The molecule has 4 aromatic heterocycles. The summed E-state index contributed by atoms with van der Waals surface area (Å²) >= 11 is 0. The van der Waals surface area contributed by atoms with E-state index in [4.69, 9.17) is 14.7 Å². The summed E-state index contributed by atoms with van der Waals surface area (Å²) in [5.41, 5.74) is 8.34. The molecule has 210 valence electrons. The van der Waals surface area contributed by atoms with Crippen molar-refractivity contribution in [2.45, 2.75) is 26.2 Å². The number of hydrogen-bond donors (Lipinski definition) is 0. The SMILES string of the molecule is CC(C)(C)c1cc[c-]c(-c2cccc(Oc3cccc(-c4[c-]cc5c6cccc7c8ccccc8n(c5c4)c76)n3)n2)c1.[Pt+2]. The maximum atomic E-state index is 6.18. The Labute approximate surface area is 264 Å². The van der Waals surface area contributed by atoms with E-state index in [1.807, 2.05) is 42.5 Å². The maximum Gasteiger partial charge on any atom is 2.00 e. The van der Waals surface area contributed by atoms with Crippen LogP contribution < -0.4 is 4.74 Å². The van der Waals surface area contributed by atoms with Gasteiger partial charge in [0.05, 0.1) is 11.0 Å². The quantitative estimate of drug-likeness (QED) is 0.169. The average Bonchev–Trinajstić information content (AvgIpc) is 3.53. The number of ether oxygens (including phenoxy) is 1. The molecule has 0 fully saturated rings. The van der Waals surface area contributed by atoms with Gasteiger partial charge < -0.3 is 9.14 Å². The van der Waals surface area contributed by atoms with Crippen LogP contribution in [0.2, 0.25) is 0 Å². The van der Waals surface area contributed by atoms with Gasteiger partial charge in [-0.1, -0.05) is 86.8 Å². The minimum absolute atomic E-state index is 0. The molecule has 0 atom stereocenters. The van der Waals surface area contributed by atoms with Crippen LogP contribution in [0.4, 0.5) is 0 Å². The summed E-state index contributed by atoms with van der Waals surface area (Å²) in [4.78, 5) is 9.62. The van der Waals surface area contributed by atoms with Crippen molar-refractivity contribution < 1.29 is 25.8 Å². The average molecular weight is 737 g/mol. The van der Waals surface area contributed by atoms with Crippen molar-refractivity contribution in [2.75, 3.05) is 0 Å². The van der Waals surface area contributed by atoms with Crippen molar-refractivity contribution in [3.8, 4) is 34.3 Å². The molecule has 0 amide bonds. The second-order valence-corrected chi connectivity index (χ2v) is 11.8. The van der Waals surface area contributed by atoms with E-state index in [2.05, 4.69) is 104 Å². The number of benzene rings is 4. The number of pyridine rings is 2. The molecule has 0 aliphatic heterocycles. The van der Waals surface area contributed by atoms with Gasteiger partial charge >= 0.3 is 21.1 Å². The minimum atomic E-state index is 0. The predicted molar refractivity (Wildman–Crippen MR) is 170 cm³/mol. The largest absolute Gasteiger partial charge is 2.00 e. The van der Waals surface area contributed by atoms with Crippen LogP contribution in [0.5, 0.6) is 11.8 Å². The molecule has 4 aromatic carbocycles. The van der Waals surface area contributed by atoms with Gasteiger partial charge in [0.1, 0.15) is 0 Å². The van der Waals surface area contributed by atoms with Crippen LogP contribution >= 0.6 is 0 Å². The van der Waals surface area contributed by atoms with Gasteiger partial charge in [-0.2, -0.15) is 0 Å². The molecule has 0 aliphatic carbocycles. The molecule has 0 saturated heterocycles. The first kappa shape index (κ1) is 27.3. The van der Waals surface area contributed by atoms with Crippen LogP contribution in [0.3, 0.4) is 0 Å². The van der Waals surface area contributed by atoms with Crippen molar-refractivity contribution in [3.05, 3.63) is 127 Å². The Kier molecular flexibility index (Phi) is 6.56. The van der Waals surface area contributed by atoms with Crippen molar-refractivity contribution in [3.63, 3.8) is 0 Å². The normalized spacial score (nSPS) is 11.9. The van der Waals surface area contributed by atoms with Gasteiger partial charge in [0.15, 0.2) is 0 Å². The third kappa shape index (κ3) is 4.58. The number of hydrogen-bond acceptors (Lipinski definition) is 3. The molecule has 0 spiro atoms. The van der Waals surface area contributed by atoms with Gasteiger partial charge in [0, 0.05) is 10.8 Å². The molecule has 0 radical (unpaired) electrons. The molecule has 8 rings (SSSR count). The van der Waals surface area contributed by atoms with E-state index in [0.29, 0.717) is 11.8 Å². The van der Waals surface area contributed by atoms with Crippen molar-refractivity contribution in [1.29, 1.82) is 0 Å². The van der Waals surface area contributed by atoms with E-state index in [-0.39, 0.29) is 26.5 Å². The van der Waals surface area contributed by atoms with E-state index in [1.165, 1.54) is 38.1 Å². The number of rotatable bonds is 4. The molecule has 4 heterocycles. The zero-order valence-electron chi connectivity index (χ0n) is 24.0. The third-order valence-electron chi connectivity index (χ3n) is 8.03. The molecule has 0 saturated carbocycles. The summed E-state index contributed by atoms with van der Waals surface area (Å²) in [6.45, 7) is 6.61. The number of fused-ring (bicyclic) bond motifs is 6. The summed E-state index contributed by atoms with van der Waals surface area (Å²) in [5.74, 6) is 0.969. The van der Waals surface area contributed by atoms with Gasteiger partial charge in [0.2, 0.25) is 11.8 Å². The Morgan fingerprint density at radius 3 is 1.98 bits per heavy atom. The zero-order chi connectivity index (χ0) is 28.4. The zero-order valence-corrected chi connectivity index (χ0v) is 26.2. The third-order valence-corrected chi connectivity index (χ3v) is 8.03. The molecule has 0 unspecified atom stereocenters. The van der Waals surface area contributed by atoms with Crippen LogP contribution in [0, 0.1) is 12.1 Å². The van der Waals surface area contributed by atoms with Crippen molar-refractivity contribution in [2.24, 2.45) is 0 Å². The summed E-state index contributed by atoms with van der Waals surface area (Å²) in [6, 6.07) is 44.0. The van der Waals surface area contributed by atoms with Crippen LogP contribution in [-0.2, 0) is 26.5 Å². The molecular weight excluding hydrogens is 710 g/mol. The Balaban J connectivity index is 0.00000300. The van der Waals surface area contributed by atoms with E-state index >= 15 is 0 Å². The monoisotopic (exact) mass is 736 g/mol. The summed E-state index contributed by atoms with van der Waals surface area (Å²) in [6.07, 6.45) is 0. The maximum absolute atomic E-state index is 6.18.